The van der Waals surface area contributed by atoms with Gasteiger partial charge in [-0.25, -0.2) is 4.79 Å². The first kappa shape index (κ1) is 24.6. The Labute approximate surface area is 197 Å². The van der Waals surface area contributed by atoms with Crippen molar-refractivity contribution in [1.82, 2.24) is 5.32 Å². The average Bonchev–Trinajstić information content (AvgIpc) is 3.11. The second-order valence-electron chi connectivity index (χ2n) is 8.08. The molecule has 0 saturated carbocycles. The molecule has 0 bridgehead atoms. The Balaban J connectivity index is 1.68. The fourth-order valence-corrected chi connectivity index (χ4v) is 3.41. The Hall–Kier alpha value is -4.01. The predicted octanol–water partition coefficient (Wildman–Crippen LogP) is 3.31. The Kier molecular flexibility index (Phi) is 7.78. The number of carbonyl (C=O) groups excluding carboxylic acids is 2. The van der Waals surface area contributed by atoms with Gasteiger partial charge in [0.25, 0.3) is 5.91 Å². The number of fused-ring (bicyclic) bond motifs is 1. The number of Topliss-reactive ketones (excluding diaryl/α,β-unsaturated/α-hetero) is 1. The van der Waals surface area contributed by atoms with E-state index in [4.69, 9.17) is 18.9 Å². The lowest BCUT2D eigenvalue weighted by atomic mass is 10.0. The van der Waals surface area contributed by atoms with Gasteiger partial charge in [-0.1, -0.05) is 13.8 Å². The van der Waals surface area contributed by atoms with Crippen molar-refractivity contribution in [2.45, 2.75) is 26.3 Å². The van der Waals surface area contributed by atoms with Crippen molar-refractivity contribution in [3.8, 4) is 23.0 Å². The van der Waals surface area contributed by atoms with Gasteiger partial charge in [-0.05, 0) is 42.7 Å². The molecular weight excluding hydrogens is 442 g/mol. The molecule has 180 valence electrons. The molecule has 0 aliphatic carbocycles. The van der Waals surface area contributed by atoms with Crippen LogP contribution < -0.4 is 24.3 Å². The number of ketones is 1. The van der Waals surface area contributed by atoms with E-state index in [0.717, 1.165) is 0 Å². The normalized spacial score (nSPS) is 14.4. The SMILES string of the molecule is COc1ccc(C=C2Oc3cc(OCC(=O)N[C@@H](CC(C)C)C(=O)O)ccc3C2=O)c(OC)c1. The van der Waals surface area contributed by atoms with E-state index in [2.05, 4.69) is 5.32 Å². The molecule has 1 heterocycles. The van der Waals surface area contributed by atoms with E-state index in [9.17, 15) is 19.5 Å². The monoisotopic (exact) mass is 469 g/mol. The topological polar surface area (TPSA) is 120 Å². The van der Waals surface area contributed by atoms with Gasteiger partial charge >= 0.3 is 5.97 Å². The van der Waals surface area contributed by atoms with Gasteiger partial charge in [0.1, 0.15) is 29.0 Å². The Morgan fingerprint density at radius 2 is 1.82 bits per heavy atom. The molecule has 1 aliphatic heterocycles. The number of benzene rings is 2. The predicted molar refractivity (Wildman–Crippen MR) is 123 cm³/mol. The zero-order valence-electron chi connectivity index (χ0n) is 19.4. The number of carboxylic acids is 1. The third-order valence-electron chi connectivity index (χ3n) is 5.08. The fraction of sp³-hybridized carbons (Fsp3) is 0.320. The Morgan fingerprint density at radius 3 is 2.47 bits per heavy atom. The molecule has 0 aromatic heterocycles. The second kappa shape index (κ2) is 10.7. The van der Waals surface area contributed by atoms with E-state index in [1.54, 1.807) is 43.5 Å². The summed E-state index contributed by atoms with van der Waals surface area (Å²) in [6, 6.07) is 8.82. The van der Waals surface area contributed by atoms with Gasteiger partial charge in [0, 0.05) is 17.7 Å². The third kappa shape index (κ3) is 5.86. The van der Waals surface area contributed by atoms with E-state index >= 15 is 0 Å². The standard InChI is InChI=1S/C25H27NO8/c1-14(2)9-19(25(29)30)26-23(27)13-33-17-7-8-18-21(12-17)34-22(24(18)28)10-15-5-6-16(31-3)11-20(15)32-4/h5-8,10-12,14,19H,9,13H2,1-4H3,(H,26,27)(H,29,30)/t19-/m0/s1. The number of aliphatic carboxylic acids is 1. The molecule has 0 radical (unpaired) electrons. The van der Waals surface area contributed by atoms with Crippen LogP contribution in [0.2, 0.25) is 0 Å². The number of carboxylic acid groups (broad SMARTS) is 1. The first-order valence-electron chi connectivity index (χ1n) is 10.7. The number of carbonyl (C=O) groups is 3. The molecule has 2 aromatic rings. The van der Waals surface area contributed by atoms with E-state index < -0.39 is 17.9 Å². The van der Waals surface area contributed by atoms with Gasteiger partial charge in [0.15, 0.2) is 12.4 Å². The molecule has 0 saturated heterocycles. The van der Waals surface area contributed by atoms with Crippen LogP contribution in [0.25, 0.3) is 6.08 Å². The Morgan fingerprint density at radius 1 is 1.09 bits per heavy atom. The molecule has 1 amide bonds. The number of nitrogens with one attached hydrogen (secondary N) is 1. The maximum atomic E-state index is 12.8. The van der Waals surface area contributed by atoms with Crippen LogP contribution in [-0.2, 0) is 9.59 Å². The zero-order valence-corrected chi connectivity index (χ0v) is 19.4. The van der Waals surface area contributed by atoms with Gasteiger partial charge in [0.05, 0.1) is 19.8 Å². The van der Waals surface area contributed by atoms with Crippen LogP contribution in [0.4, 0.5) is 0 Å². The highest BCUT2D eigenvalue weighted by atomic mass is 16.5. The van der Waals surface area contributed by atoms with Crippen molar-refractivity contribution in [2.75, 3.05) is 20.8 Å². The van der Waals surface area contributed by atoms with Crippen LogP contribution in [0.5, 0.6) is 23.0 Å². The van der Waals surface area contributed by atoms with Gasteiger partial charge in [-0.3, -0.25) is 9.59 Å². The summed E-state index contributed by atoms with van der Waals surface area (Å²) < 4.78 is 21.8. The molecule has 3 rings (SSSR count). The summed E-state index contributed by atoms with van der Waals surface area (Å²) in [5, 5.41) is 11.7. The van der Waals surface area contributed by atoms with Crippen molar-refractivity contribution in [2.24, 2.45) is 5.92 Å². The highest BCUT2D eigenvalue weighted by molar-refractivity contribution is 6.14. The Bertz CT molecular complexity index is 1120. The molecule has 9 heteroatoms. The third-order valence-corrected chi connectivity index (χ3v) is 5.08. The minimum atomic E-state index is -1.10. The first-order chi connectivity index (χ1) is 16.2. The molecule has 0 fully saturated rings. The van der Waals surface area contributed by atoms with E-state index in [1.807, 2.05) is 13.8 Å². The number of hydrogen-bond donors (Lipinski definition) is 2. The van der Waals surface area contributed by atoms with Gasteiger partial charge in [-0.2, -0.15) is 0 Å². The highest BCUT2D eigenvalue weighted by Crippen LogP contribution is 2.36. The molecule has 1 atom stereocenters. The summed E-state index contributed by atoms with van der Waals surface area (Å²) in [5.41, 5.74) is 1.00. The largest absolute Gasteiger partial charge is 0.497 e. The summed E-state index contributed by atoms with van der Waals surface area (Å²) in [7, 11) is 3.07. The molecular formula is C25H27NO8. The van der Waals surface area contributed by atoms with Crippen LogP contribution >= 0.6 is 0 Å². The van der Waals surface area contributed by atoms with Crippen molar-refractivity contribution in [3.63, 3.8) is 0 Å². The second-order valence-corrected chi connectivity index (χ2v) is 8.08. The molecule has 9 nitrogen and oxygen atoms in total. The van der Waals surface area contributed by atoms with E-state index in [1.165, 1.54) is 13.2 Å². The van der Waals surface area contributed by atoms with Crippen molar-refractivity contribution < 1.29 is 38.4 Å². The zero-order chi connectivity index (χ0) is 24.8. The number of hydrogen-bond acceptors (Lipinski definition) is 7. The number of amides is 1. The molecule has 0 spiro atoms. The molecule has 2 N–H and O–H groups in total. The lowest BCUT2D eigenvalue weighted by Gasteiger charge is -2.16. The maximum absolute atomic E-state index is 12.8. The lowest BCUT2D eigenvalue weighted by molar-refractivity contribution is -0.142. The van der Waals surface area contributed by atoms with E-state index in [-0.39, 0.29) is 24.1 Å². The summed E-state index contributed by atoms with van der Waals surface area (Å²) >= 11 is 0. The molecule has 2 aromatic carbocycles. The van der Waals surface area contributed by atoms with Crippen molar-refractivity contribution >= 4 is 23.7 Å². The molecule has 1 aliphatic rings. The lowest BCUT2D eigenvalue weighted by Crippen LogP contribution is -2.43. The number of allylic oxidation sites excluding steroid dienone is 1. The van der Waals surface area contributed by atoms with Crippen LogP contribution in [0.1, 0.15) is 36.2 Å². The van der Waals surface area contributed by atoms with Gasteiger partial charge in [-0.15, -0.1) is 0 Å². The number of ether oxygens (including phenoxy) is 4. The summed E-state index contributed by atoms with van der Waals surface area (Å²) in [5.74, 6) is 0.00924. The van der Waals surface area contributed by atoms with Gasteiger partial charge in [0.2, 0.25) is 5.78 Å². The fourth-order valence-electron chi connectivity index (χ4n) is 3.41. The minimum Gasteiger partial charge on any atom is -0.497 e. The smallest absolute Gasteiger partial charge is 0.326 e. The van der Waals surface area contributed by atoms with Crippen molar-refractivity contribution in [1.29, 1.82) is 0 Å². The number of methoxy groups -OCH3 is 2. The van der Waals surface area contributed by atoms with Crippen LogP contribution in [0, 0.1) is 5.92 Å². The molecule has 0 unspecified atom stereocenters. The highest BCUT2D eigenvalue weighted by Gasteiger charge is 2.28. The molecule has 34 heavy (non-hydrogen) atoms. The summed E-state index contributed by atoms with van der Waals surface area (Å²) in [6.07, 6.45) is 1.89. The average molecular weight is 469 g/mol. The summed E-state index contributed by atoms with van der Waals surface area (Å²) in [6.45, 7) is 3.37. The van der Waals surface area contributed by atoms with Crippen LogP contribution in [-0.4, -0.2) is 49.6 Å². The number of rotatable bonds is 10. The van der Waals surface area contributed by atoms with Gasteiger partial charge < -0.3 is 29.4 Å². The first-order valence-corrected chi connectivity index (χ1v) is 10.7. The van der Waals surface area contributed by atoms with Crippen LogP contribution in [0.3, 0.4) is 0 Å². The van der Waals surface area contributed by atoms with Crippen molar-refractivity contribution in [3.05, 3.63) is 53.3 Å². The maximum Gasteiger partial charge on any atom is 0.326 e. The minimum absolute atomic E-state index is 0.105. The van der Waals surface area contributed by atoms with Crippen LogP contribution in [0.15, 0.2) is 42.2 Å². The van der Waals surface area contributed by atoms with E-state index in [0.29, 0.717) is 40.5 Å². The summed E-state index contributed by atoms with van der Waals surface area (Å²) in [4.78, 5) is 36.2. The quantitative estimate of drug-likeness (QED) is 0.509.